The summed E-state index contributed by atoms with van der Waals surface area (Å²) >= 11 is 0. The highest BCUT2D eigenvalue weighted by Crippen LogP contribution is 2.20. The lowest BCUT2D eigenvalue weighted by Crippen LogP contribution is -2.05. The van der Waals surface area contributed by atoms with Gasteiger partial charge in [-0.15, -0.1) is 0 Å². The Morgan fingerprint density at radius 2 is 1.71 bits per heavy atom. The molecule has 0 aromatic heterocycles. The molecule has 0 fully saturated rings. The molecule has 0 aliphatic heterocycles. The molecule has 0 spiro atoms. The van der Waals surface area contributed by atoms with Crippen molar-refractivity contribution < 1.29 is 14.3 Å². The lowest BCUT2D eigenvalue weighted by atomic mass is 9.95. The summed E-state index contributed by atoms with van der Waals surface area (Å²) in [6.45, 7) is 1.90. The molecular weight excluding hydrogens is 264 g/mol. The van der Waals surface area contributed by atoms with Crippen LogP contribution in [0.3, 0.4) is 0 Å². The normalized spacial score (nSPS) is 10.6. The molecule has 0 unspecified atom stereocenters. The zero-order valence-electron chi connectivity index (χ0n) is 12.0. The first-order valence-corrected chi connectivity index (χ1v) is 6.59. The smallest absolute Gasteiger partial charge is 0.330 e. The summed E-state index contributed by atoms with van der Waals surface area (Å²) in [6.07, 6.45) is 2.95. The van der Waals surface area contributed by atoms with Gasteiger partial charge in [0.15, 0.2) is 5.78 Å². The Morgan fingerprint density at radius 3 is 2.38 bits per heavy atom. The van der Waals surface area contributed by atoms with E-state index in [4.69, 9.17) is 0 Å². The Morgan fingerprint density at radius 1 is 1.00 bits per heavy atom. The number of methoxy groups -OCH3 is 1. The van der Waals surface area contributed by atoms with Crippen molar-refractivity contribution in [2.24, 2.45) is 0 Å². The van der Waals surface area contributed by atoms with Crippen LogP contribution in [0.5, 0.6) is 0 Å². The number of esters is 1. The Labute approximate surface area is 123 Å². The highest BCUT2D eigenvalue weighted by Gasteiger charge is 2.13. The summed E-state index contributed by atoms with van der Waals surface area (Å²) in [7, 11) is 1.32. The molecule has 0 aliphatic rings. The molecule has 0 atom stereocenters. The van der Waals surface area contributed by atoms with Crippen LogP contribution < -0.4 is 0 Å². The summed E-state index contributed by atoms with van der Waals surface area (Å²) < 4.78 is 4.59. The van der Waals surface area contributed by atoms with Gasteiger partial charge in [-0.1, -0.05) is 48.5 Å². The van der Waals surface area contributed by atoms with Gasteiger partial charge in [-0.3, -0.25) is 4.79 Å². The molecule has 21 heavy (non-hydrogen) atoms. The van der Waals surface area contributed by atoms with Gasteiger partial charge in [-0.2, -0.15) is 0 Å². The average molecular weight is 280 g/mol. The predicted octanol–water partition coefficient (Wildman–Crippen LogP) is 3.41. The second kappa shape index (κ2) is 6.66. The van der Waals surface area contributed by atoms with Crippen molar-refractivity contribution in [3.63, 3.8) is 0 Å². The number of ketones is 1. The number of carbonyl (C=O) groups is 2. The van der Waals surface area contributed by atoms with E-state index in [0.717, 1.165) is 11.1 Å². The maximum absolute atomic E-state index is 12.6. The zero-order chi connectivity index (χ0) is 15.2. The first-order valence-electron chi connectivity index (χ1n) is 6.59. The summed E-state index contributed by atoms with van der Waals surface area (Å²) in [5.74, 6) is -0.514. The van der Waals surface area contributed by atoms with Gasteiger partial charge in [-0.05, 0) is 24.1 Å². The Bertz CT molecular complexity index is 685. The molecule has 3 heteroatoms. The fourth-order valence-electron chi connectivity index (χ4n) is 2.06. The molecule has 2 aromatic rings. The number of ether oxygens (including phenoxy) is 1. The monoisotopic (exact) mass is 280 g/mol. The molecular formula is C18H16O3. The third-order valence-corrected chi connectivity index (χ3v) is 3.19. The van der Waals surface area contributed by atoms with Gasteiger partial charge in [-0.25, -0.2) is 4.79 Å². The highest BCUT2D eigenvalue weighted by molar-refractivity contribution is 6.11. The molecule has 3 nitrogen and oxygen atoms in total. The maximum Gasteiger partial charge on any atom is 0.330 e. The van der Waals surface area contributed by atoms with E-state index in [2.05, 4.69) is 4.74 Å². The van der Waals surface area contributed by atoms with Crippen LogP contribution in [0.15, 0.2) is 54.6 Å². The quantitative estimate of drug-likeness (QED) is 0.489. The van der Waals surface area contributed by atoms with Gasteiger partial charge in [0, 0.05) is 17.2 Å². The molecule has 0 radical (unpaired) electrons. The second-order valence-corrected chi connectivity index (χ2v) is 4.59. The molecule has 106 valence electrons. The van der Waals surface area contributed by atoms with Gasteiger partial charge in [0.1, 0.15) is 0 Å². The van der Waals surface area contributed by atoms with Crippen LogP contribution in [0.2, 0.25) is 0 Å². The lowest BCUT2D eigenvalue weighted by molar-refractivity contribution is -0.134. The summed E-state index contributed by atoms with van der Waals surface area (Å²) in [5, 5.41) is 0. The van der Waals surface area contributed by atoms with Crippen LogP contribution >= 0.6 is 0 Å². The molecule has 2 aromatic carbocycles. The van der Waals surface area contributed by atoms with Crippen molar-refractivity contribution in [3.8, 4) is 0 Å². The number of benzene rings is 2. The number of rotatable bonds is 4. The van der Waals surface area contributed by atoms with Gasteiger partial charge in [0.25, 0.3) is 0 Å². The standard InChI is InChI=1S/C18H16O3/c1-13-7-6-10-16(15(13)11-12-17(19)21-2)18(20)14-8-4-3-5-9-14/h3-12H,1-2H3/b12-11+. The van der Waals surface area contributed by atoms with Crippen LogP contribution in [-0.2, 0) is 9.53 Å². The van der Waals surface area contributed by atoms with Crippen LogP contribution in [-0.4, -0.2) is 18.9 Å². The van der Waals surface area contributed by atoms with E-state index in [0.29, 0.717) is 11.1 Å². The minimum Gasteiger partial charge on any atom is -0.466 e. The number of carbonyl (C=O) groups excluding carboxylic acids is 2. The van der Waals surface area contributed by atoms with Crippen molar-refractivity contribution in [3.05, 3.63) is 76.9 Å². The minimum absolute atomic E-state index is 0.0659. The molecule has 0 amide bonds. The molecule has 0 heterocycles. The van der Waals surface area contributed by atoms with E-state index in [1.165, 1.54) is 13.2 Å². The fourth-order valence-corrected chi connectivity index (χ4v) is 2.06. The molecule has 0 saturated carbocycles. The first-order chi connectivity index (χ1) is 10.1. The van der Waals surface area contributed by atoms with E-state index in [1.807, 2.05) is 37.3 Å². The molecule has 0 bridgehead atoms. The Hall–Kier alpha value is -2.68. The van der Waals surface area contributed by atoms with Crippen molar-refractivity contribution >= 4 is 17.8 Å². The maximum atomic E-state index is 12.6. The minimum atomic E-state index is -0.448. The molecule has 0 aliphatic carbocycles. The van der Waals surface area contributed by atoms with Crippen molar-refractivity contribution in [2.45, 2.75) is 6.92 Å². The average Bonchev–Trinajstić information content (AvgIpc) is 2.53. The predicted molar refractivity (Wildman–Crippen MR) is 82.1 cm³/mol. The SMILES string of the molecule is COC(=O)/C=C/c1c(C)cccc1C(=O)c1ccccc1. The van der Waals surface area contributed by atoms with E-state index < -0.39 is 5.97 Å². The third kappa shape index (κ3) is 3.45. The number of aryl methyl sites for hydroxylation is 1. The summed E-state index contributed by atoms with van der Waals surface area (Å²) in [4.78, 5) is 23.8. The van der Waals surface area contributed by atoms with Crippen molar-refractivity contribution in [2.75, 3.05) is 7.11 Å². The first kappa shape index (κ1) is 14.7. The van der Waals surface area contributed by atoms with E-state index >= 15 is 0 Å². The van der Waals surface area contributed by atoms with Crippen LogP contribution in [0.25, 0.3) is 6.08 Å². The summed E-state index contributed by atoms with van der Waals surface area (Å²) in [6, 6.07) is 14.6. The lowest BCUT2D eigenvalue weighted by Gasteiger charge is -2.08. The van der Waals surface area contributed by atoms with Crippen LogP contribution in [0.1, 0.15) is 27.0 Å². The van der Waals surface area contributed by atoms with Gasteiger partial charge < -0.3 is 4.74 Å². The second-order valence-electron chi connectivity index (χ2n) is 4.59. The summed E-state index contributed by atoms with van der Waals surface area (Å²) in [5.41, 5.74) is 2.85. The third-order valence-electron chi connectivity index (χ3n) is 3.19. The van der Waals surface area contributed by atoms with Gasteiger partial charge in [0.05, 0.1) is 7.11 Å². The van der Waals surface area contributed by atoms with Crippen LogP contribution in [0, 0.1) is 6.92 Å². The van der Waals surface area contributed by atoms with Gasteiger partial charge in [0.2, 0.25) is 0 Å². The topological polar surface area (TPSA) is 43.4 Å². The van der Waals surface area contributed by atoms with Gasteiger partial charge >= 0.3 is 5.97 Å². The van der Waals surface area contributed by atoms with Crippen molar-refractivity contribution in [1.29, 1.82) is 0 Å². The van der Waals surface area contributed by atoms with E-state index in [1.54, 1.807) is 24.3 Å². The molecule has 0 N–H and O–H groups in total. The van der Waals surface area contributed by atoms with E-state index in [-0.39, 0.29) is 5.78 Å². The molecule has 0 saturated heterocycles. The molecule has 2 rings (SSSR count). The number of hydrogen-bond donors (Lipinski definition) is 0. The Kier molecular flexibility index (Phi) is 4.67. The van der Waals surface area contributed by atoms with Crippen LogP contribution in [0.4, 0.5) is 0 Å². The fraction of sp³-hybridized carbons (Fsp3) is 0.111. The largest absolute Gasteiger partial charge is 0.466 e. The van der Waals surface area contributed by atoms with Crippen molar-refractivity contribution in [1.82, 2.24) is 0 Å². The Balaban J connectivity index is 2.45. The van der Waals surface area contributed by atoms with E-state index in [9.17, 15) is 9.59 Å². The highest BCUT2D eigenvalue weighted by atomic mass is 16.5. The zero-order valence-corrected chi connectivity index (χ0v) is 12.0. The number of hydrogen-bond acceptors (Lipinski definition) is 3.